The topological polar surface area (TPSA) is 55.8 Å². The van der Waals surface area contributed by atoms with Gasteiger partial charge in [0.2, 0.25) is 0 Å². The zero-order valence-corrected chi connectivity index (χ0v) is 16.8. The van der Waals surface area contributed by atoms with Gasteiger partial charge in [0.15, 0.2) is 0 Å². The molecule has 0 aromatic rings. The summed E-state index contributed by atoms with van der Waals surface area (Å²) in [7, 11) is 3.57. The van der Waals surface area contributed by atoms with E-state index in [1.165, 1.54) is 5.57 Å². The number of hydrogen-bond donors (Lipinski definition) is 1. The van der Waals surface area contributed by atoms with Gasteiger partial charge >= 0.3 is 0 Å². The molecule has 0 aromatic heterocycles. The van der Waals surface area contributed by atoms with Gasteiger partial charge in [-0.05, 0) is 62.9 Å². The molecule has 3 aliphatic rings. The Kier molecular flexibility index (Phi) is 5.49. The molecule has 2 saturated carbocycles. The van der Waals surface area contributed by atoms with E-state index in [1.54, 1.807) is 14.2 Å². The van der Waals surface area contributed by atoms with Crippen molar-refractivity contribution in [3.05, 3.63) is 23.3 Å². The van der Waals surface area contributed by atoms with Gasteiger partial charge in [-0.15, -0.1) is 0 Å². The number of methoxy groups -OCH3 is 2. The summed E-state index contributed by atoms with van der Waals surface area (Å²) < 4.78 is 12.3. The van der Waals surface area contributed by atoms with E-state index < -0.39 is 0 Å². The monoisotopic (exact) mass is 362 g/mol. The number of aliphatic hydroxyl groups is 1. The van der Waals surface area contributed by atoms with Gasteiger partial charge in [0.1, 0.15) is 6.29 Å². The molecule has 4 nitrogen and oxygen atoms in total. The lowest BCUT2D eigenvalue weighted by atomic mass is 9.59. The lowest BCUT2D eigenvalue weighted by molar-refractivity contribution is -0.177. The molecule has 3 aliphatic carbocycles. The minimum atomic E-state index is -0.355. The molecular formula is C22H34O4. The summed E-state index contributed by atoms with van der Waals surface area (Å²) in [5, 5.41) is 10.7. The highest BCUT2D eigenvalue weighted by Crippen LogP contribution is 2.58. The Morgan fingerprint density at radius 3 is 2.58 bits per heavy atom. The fourth-order valence-electron chi connectivity index (χ4n) is 6.04. The van der Waals surface area contributed by atoms with Crippen LogP contribution in [0.1, 0.15) is 52.9 Å². The highest BCUT2D eigenvalue weighted by Gasteiger charge is 2.59. The first-order chi connectivity index (χ1) is 12.3. The number of carbonyl (C=O) groups excluding carboxylic acids is 1. The van der Waals surface area contributed by atoms with Crippen molar-refractivity contribution in [1.29, 1.82) is 0 Å². The van der Waals surface area contributed by atoms with E-state index in [1.807, 2.05) is 0 Å². The van der Waals surface area contributed by atoms with Crippen LogP contribution in [0.3, 0.4) is 0 Å². The van der Waals surface area contributed by atoms with Crippen molar-refractivity contribution in [3.63, 3.8) is 0 Å². The summed E-state index contributed by atoms with van der Waals surface area (Å²) in [6.07, 6.45) is 9.22. The molecule has 4 heteroatoms. The van der Waals surface area contributed by atoms with Gasteiger partial charge in [-0.3, -0.25) is 4.79 Å². The van der Waals surface area contributed by atoms with E-state index in [-0.39, 0.29) is 41.0 Å². The summed E-state index contributed by atoms with van der Waals surface area (Å²) in [6, 6.07) is 0. The van der Waals surface area contributed by atoms with Crippen LogP contribution in [0, 0.1) is 23.2 Å². The molecule has 3 rings (SSSR count). The van der Waals surface area contributed by atoms with Crippen LogP contribution >= 0.6 is 0 Å². The number of rotatable bonds is 4. The Morgan fingerprint density at radius 1 is 1.27 bits per heavy atom. The van der Waals surface area contributed by atoms with Crippen molar-refractivity contribution in [2.45, 2.75) is 70.7 Å². The molecule has 0 amide bonds. The number of aldehydes is 1. The van der Waals surface area contributed by atoms with Crippen molar-refractivity contribution in [2.24, 2.45) is 23.2 Å². The first kappa shape index (κ1) is 19.8. The van der Waals surface area contributed by atoms with E-state index >= 15 is 0 Å². The Labute approximate surface area is 157 Å². The number of hydrogen-bond acceptors (Lipinski definition) is 4. The largest absolute Gasteiger partial charge is 0.393 e. The van der Waals surface area contributed by atoms with Crippen LogP contribution in [-0.2, 0) is 14.3 Å². The quantitative estimate of drug-likeness (QED) is 0.612. The van der Waals surface area contributed by atoms with Crippen LogP contribution in [-0.4, -0.2) is 43.4 Å². The molecule has 0 aliphatic heterocycles. The lowest BCUT2D eigenvalue weighted by Crippen LogP contribution is -2.57. The average Bonchev–Trinajstić information content (AvgIpc) is 2.72. The van der Waals surface area contributed by atoms with Crippen LogP contribution in [0.15, 0.2) is 23.3 Å². The summed E-state index contributed by atoms with van der Waals surface area (Å²) in [5.74, 6) is 0.332. The maximum atomic E-state index is 12.0. The van der Waals surface area contributed by atoms with Gasteiger partial charge in [0.05, 0.1) is 17.8 Å². The lowest BCUT2D eigenvalue weighted by Gasteiger charge is -2.53. The molecule has 7 atom stereocenters. The second-order valence-corrected chi connectivity index (χ2v) is 9.13. The van der Waals surface area contributed by atoms with Gasteiger partial charge in [-0.1, -0.05) is 24.6 Å². The zero-order valence-electron chi connectivity index (χ0n) is 16.8. The summed E-state index contributed by atoms with van der Waals surface area (Å²) in [5.41, 5.74) is 1.59. The van der Waals surface area contributed by atoms with Crippen LogP contribution in [0.25, 0.3) is 0 Å². The summed E-state index contributed by atoms with van der Waals surface area (Å²) in [4.78, 5) is 12.0. The van der Waals surface area contributed by atoms with Gasteiger partial charge < -0.3 is 14.6 Å². The second-order valence-electron chi connectivity index (χ2n) is 9.13. The highest BCUT2D eigenvalue weighted by molar-refractivity contribution is 5.75. The third-order valence-corrected chi connectivity index (χ3v) is 7.30. The molecule has 2 bridgehead atoms. The number of carbonyl (C=O) groups is 1. The number of ether oxygens (including phenoxy) is 2. The molecule has 2 fully saturated rings. The standard InChI is InChI=1S/C22H34O4/c1-14(2)10-15-11-16(12-23)17-6-8-21(3)13-22(26-5,9-7-18(21)24)19(17)20(15)25-4/h10-12,15,17-20,24H,6-9,13H2,1-5H3/t15-,17-,18-,19+,20+,21+,22-/m1/s1. The smallest absolute Gasteiger partial charge is 0.146 e. The zero-order chi connectivity index (χ0) is 19.1. The minimum absolute atomic E-state index is 0.0175. The van der Waals surface area contributed by atoms with Crippen molar-refractivity contribution in [2.75, 3.05) is 14.2 Å². The third-order valence-electron chi connectivity index (χ3n) is 7.30. The molecule has 26 heavy (non-hydrogen) atoms. The van der Waals surface area contributed by atoms with Gasteiger partial charge in [-0.25, -0.2) is 0 Å². The highest BCUT2D eigenvalue weighted by atomic mass is 16.5. The van der Waals surface area contributed by atoms with E-state index in [0.29, 0.717) is 0 Å². The fraction of sp³-hybridized carbons (Fsp3) is 0.773. The SMILES string of the molecule is CO[C@H]1[C@H](C=C(C)C)C=C(C=O)[C@H]2CC[C@@]3(C)C[C@](OC)(CC[C@H]3O)[C@H]12. The Bertz CT molecular complexity index is 605. The Hall–Kier alpha value is -0.970. The molecule has 0 heterocycles. The molecule has 146 valence electrons. The molecular weight excluding hydrogens is 328 g/mol. The number of fused-ring (bicyclic) bond motifs is 4. The van der Waals surface area contributed by atoms with Crippen molar-refractivity contribution in [3.8, 4) is 0 Å². The van der Waals surface area contributed by atoms with Crippen LogP contribution in [0.4, 0.5) is 0 Å². The van der Waals surface area contributed by atoms with E-state index in [0.717, 1.165) is 44.0 Å². The number of aliphatic hydroxyl groups excluding tert-OH is 1. The predicted molar refractivity (Wildman–Crippen MR) is 102 cm³/mol. The maximum absolute atomic E-state index is 12.0. The van der Waals surface area contributed by atoms with Gasteiger partial charge in [0, 0.05) is 26.1 Å². The van der Waals surface area contributed by atoms with Crippen LogP contribution in [0.5, 0.6) is 0 Å². The maximum Gasteiger partial charge on any atom is 0.146 e. The second kappa shape index (κ2) is 7.21. The van der Waals surface area contributed by atoms with Crippen molar-refractivity contribution < 1.29 is 19.4 Å². The Morgan fingerprint density at radius 2 is 2.00 bits per heavy atom. The summed E-state index contributed by atoms with van der Waals surface area (Å²) in [6.45, 7) is 6.35. The minimum Gasteiger partial charge on any atom is -0.393 e. The number of allylic oxidation sites excluding steroid dienone is 2. The molecule has 0 saturated heterocycles. The molecule has 0 unspecified atom stereocenters. The summed E-state index contributed by atoms with van der Waals surface area (Å²) >= 11 is 0. The molecule has 1 N–H and O–H groups in total. The fourth-order valence-corrected chi connectivity index (χ4v) is 6.04. The van der Waals surface area contributed by atoms with E-state index in [4.69, 9.17) is 9.47 Å². The average molecular weight is 363 g/mol. The first-order valence-electron chi connectivity index (χ1n) is 9.88. The van der Waals surface area contributed by atoms with E-state index in [9.17, 15) is 9.90 Å². The van der Waals surface area contributed by atoms with Crippen LogP contribution in [0.2, 0.25) is 0 Å². The predicted octanol–water partition coefficient (Wildman–Crippen LogP) is 3.69. The first-order valence-corrected chi connectivity index (χ1v) is 9.88. The normalized spacial score (nSPS) is 45.2. The third kappa shape index (κ3) is 3.10. The van der Waals surface area contributed by atoms with Gasteiger partial charge in [0.25, 0.3) is 0 Å². The molecule has 0 aromatic carbocycles. The van der Waals surface area contributed by atoms with Crippen molar-refractivity contribution >= 4 is 6.29 Å². The van der Waals surface area contributed by atoms with Gasteiger partial charge in [-0.2, -0.15) is 0 Å². The molecule has 0 radical (unpaired) electrons. The van der Waals surface area contributed by atoms with Crippen LogP contribution < -0.4 is 0 Å². The molecule has 0 spiro atoms. The Balaban J connectivity index is 2.13. The van der Waals surface area contributed by atoms with E-state index in [2.05, 4.69) is 32.9 Å². The van der Waals surface area contributed by atoms with Crippen molar-refractivity contribution in [1.82, 2.24) is 0 Å².